The van der Waals surface area contributed by atoms with Crippen LogP contribution in [0.1, 0.15) is 5.82 Å². The minimum absolute atomic E-state index is 0.0803. The van der Waals surface area contributed by atoms with Crippen molar-refractivity contribution in [3.63, 3.8) is 0 Å². The second-order valence-corrected chi connectivity index (χ2v) is 6.35. The average molecular weight is 406 g/mol. The minimum Gasteiger partial charge on any atom is -0.497 e. The van der Waals surface area contributed by atoms with Gasteiger partial charge in [-0.3, -0.25) is 15.0 Å². The zero-order valence-electron chi connectivity index (χ0n) is 16.2. The lowest BCUT2D eigenvalue weighted by atomic mass is 10.2. The molecule has 0 aliphatic rings. The fourth-order valence-electron chi connectivity index (χ4n) is 2.84. The number of nitrogens with zero attached hydrogens (tertiary/aromatic N) is 4. The summed E-state index contributed by atoms with van der Waals surface area (Å²) in [5.41, 5.74) is 3.46. The van der Waals surface area contributed by atoms with Gasteiger partial charge in [-0.15, -0.1) is 5.10 Å². The fourth-order valence-corrected chi connectivity index (χ4v) is 2.84. The van der Waals surface area contributed by atoms with Gasteiger partial charge in [-0.1, -0.05) is 17.2 Å². The molecule has 0 saturated carbocycles. The van der Waals surface area contributed by atoms with E-state index in [1.54, 1.807) is 62.6 Å². The molecule has 2 heterocycles. The Morgan fingerprint density at radius 3 is 2.67 bits per heavy atom. The third kappa shape index (κ3) is 3.83. The van der Waals surface area contributed by atoms with E-state index in [-0.39, 0.29) is 18.1 Å². The predicted octanol–water partition coefficient (Wildman–Crippen LogP) is 1.95. The highest BCUT2D eigenvalue weighted by Gasteiger charge is 2.13. The number of hydrogen-bond acceptors (Lipinski definition) is 8. The van der Waals surface area contributed by atoms with Crippen LogP contribution in [0.5, 0.6) is 5.75 Å². The van der Waals surface area contributed by atoms with Gasteiger partial charge in [0, 0.05) is 5.56 Å². The molecular formula is C20H18N6O4. The second-order valence-electron chi connectivity index (χ2n) is 6.35. The number of aromatic nitrogens is 4. The van der Waals surface area contributed by atoms with E-state index in [0.29, 0.717) is 33.9 Å². The van der Waals surface area contributed by atoms with Crippen molar-refractivity contribution in [2.75, 3.05) is 24.4 Å². The van der Waals surface area contributed by atoms with Gasteiger partial charge in [0.2, 0.25) is 5.89 Å². The van der Waals surface area contributed by atoms with E-state index in [1.165, 1.54) is 0 Å². The largest absolute Gasteiger partial charge is 0.497 e. The van der Waals surface area contributed by atoms with Crippen LogP contribution in [-0.2, 0) is 4.79 Å². The number of hydrogen-bond donors (Lipinski definition) is 2. The number of amides is 1. The molecule has 10 heteroatoms. The maximum atomic E-state index is 12.6. The summed E-state index contributed by atoms with van der Waals surface area (Å²) in [4.78, 5) is 29.2. The van der Waals surface area contributed by atoms with Crippen molar-refractivity contribution in [1.29, 1.82) is 0 Å². The first-order chi connectivity index (χ1) is 14.5. The van der Waals surface area contributed by atoms with Gasteiger partial charge in [-0.05, 0) is 43.3 Å². The van der Waals surface area contributed by atoms with Gasteiger partial charge in [-0.25, -0.2) is 9.66 Å². The summed E-state index contributed by atoms with van der Waals surface area (Å²) in [6, 6.07) is 14.1. The maximum absolute atomic E-state index is 12.6. The van der Waals surface area contributed by atoms with Crippen LogP contribution in [0.3, 0.4) is 0 Å². The monoisotopic (exact) mass is 406 g/mol. The molecule has 4 aromatic rings. The van der Waals surface area contributed by atoms with Gasteiger partial charge in [-0.2, -0.15) is 0 Å². The second kappa shape index (κ2) is 8.03. The van der Waals surface area contributed by atoms with E-state index in [4.69, 9.17) is 9.15 Å². The lowest BCUT2D eigenvalue weighted by Crippen LogP contribution is -2.38. The Kier molecular flexibility index (Phi) is 5.12. The van der Waals surface area contributed by atoms with E-state index >= 15 is 0 Å². The summed E-state index contributed by atoms with van der Waals surface area (Å²) in [7, 11) is 1.58. The third-order valence-corrected chi connectivity index (χ3v) is 4.34. The molecule has 0 aliphatic carbocycles. The first-order valence-electron chi connectivity index (χ1n) is 9.05. The van der Waals surface area contributed by atoms with Gasteiger partial charge in [0.15, 0.2) is 0 Å². The number of ether oxygens (including phenoxy) is 1. The number of fused-ring (bicyclic) bond motifs is 1. The Hall–Kier alpha value is -4.21. The van der Waals surface area contributed by atoms with Crippen LogP contribution in [0.4, 0.5) is 6.01 Å². The highest BCUT2D eigenvalue weighted by Crippen LogP contribution is 2.22. The van der Waals surface area contributed by atoms with E-state index in [9.17, 15) is 9.59 Å². The normalized spacial score (nSPS) is 10.7. The van der Waals surface area contributed by atoms with Crippen LogP contribution in [0.25, 0.3) is 22.4 Å². The number of methoxy groups -OCH3 is 1. The predicted molar refractivity (Wildman–Crippen MR) is 110 cm³/mol. The Labute approximate surface area is 170 Å². The van der Waals surface area contributed by atoms with Crippen molar-refractivity contribution < 1.29 is 13.9 Å². The topological polar surface area (TPSA) is 124 Å². The molecule has 0 bridgehead atoms. The smallest absolute Gasteiger partial charge is 0.316 e. The average Bonchev–Trinajstić information content (AvgIpc) is 3.24. The zero-order valence-corrected chi connectivity index (χ0v) is 16.2. The van der Waals surface area contributed by atoms with E-state index in [1.807, 2.05) is 0 Å². The molecule has 4 rings (SSSR count). The van der Waals surface area contributed by atoms with Gasteiger partial charge in [0.25, 0.3) is 11.5 Å². The van der Waals surface area contributed by atoms with Crippen molar-refractivity contribution in [3.05, 3.63) is 64.7 Å². The molecule has 0 radical (unpaired) electrons. The number of benzene rings is 2. The SMILES string of the molecule is COc1ccc(-c2nnc(NCC(=O)Nn3c(C)nc4ccccc4c3=O)o2)cc1. The molecule has 10 nitrogen and oxygen atoms in total. The fraction of sp³-hybridized carbons (Fsp3) is 0.150. The van der Waals surface area contributed by atoms with Crippen LogP contribution in [0, 0.1) is 6.92 Å². The van der Waals surface area contributed by atoms with Crippen molar-refractivity contribution in [2.45, 2.75) is 6.92 Å². The molecule has 2 aromatic heterocycles. The van der Waals surface area contributed by atoms with Crippen LogP contribution in [-0.4, -0.2) is 39.4 Å². The number of carbonyl (C=O) groups excluding carboxylic acids is 1. The molecule has 0 unspecified atom stereocenters. The molecule has 0 aliphatic heterocycles. The van der Waals surface area contributed by atoms with E-state index < -0.39 is 5.91 Å². The molecule has 0 atom stereocenters. The highest BCUT2D eigenvalue weighted by molar-refractivity contribution is 5.87. The number of rotatable bonds is 6. The van der Waals surface area contributed by atoms with Gasteiger partial charge < -0.3 is 14.5 Å². The Morgan fingerprint density at radius 1 is 1.13 bits per heavy atom. The summed E-state index contributed by atoms with van der Waals surface area (Å²) in [6.07, 6.45) is 0. The van der Waals surface area contributed by atoms with Crippen molar-refractivity contribution in [3.8, 4) is 17.2 Å². The van der Waals surface area contributed by atoms with Crippen LogP contribution in [0.15, 0.2) is 57.7 Å². The molecular weight excluding hydrogens is 388 g/mol. The summed E-state index contributed by atoms with van der Waals surface area (Å²) in [5.74, 6) is 0.904. The highest BCUT2D eigenvalue weighted by atomic mass is 16.5. The summed E-state index contributed by atoms with van der Waals surface area (Å²) < 4.78 is 11.7. The standard InChI is InChI=1S/C20H18N6O4/c1-12-22-16-6-4-3-5-15(16)19(28)26(12)25-17(27)11-21-20-24-23-18(30-20)13-7-9-14(29-2)10-8-13/h3-10H,11H2,1-2H3,(H,21,24)(H,25,27). The Balaban J connectivity index is 1.43. The Bertz CT molecular complexity index is 1260. The quantitative estimate of drug-likeness (QED) is 0.498. The molecule has 0 spiro atoms. The van der Waals surface area contributed by atoms with E-state index in [0.717, 1.165) is 4.68 Å². The first-order valence-corrected chi connectivity index (χ1v) is 9.05. The molecule has 2 aromatic carbocycles. The van der Waals surface area contributed by atoms with Crippen molar-refractivity contribution in [1.82, 2.24) is 19.9 Å². The van der Waals surface area contributed by atoms with Crippen LogP contribution < -0.4 is 21.0 Å². The van der Waals surface area contributed by atoms with Crippen molar-refractivity contribution in [2.24, 2.45) is 0 Å². The molecule has 0 fully saturated rings. The first kappa shape index (κ1) is 19.1. The van der Waals surface area contributed by atoms with Gasteiger partial charge in [0.1, 0.15) is 18.1 Å². The molecule has 2 N–H and O–H groups in total. The number of anilines is 1. The number of nitrogens with one attached hydrogen (secondary N) is 2. The molecule has 0 saturated heterocycles. The Morgan fingerprint density at radius 2 is 1.90 bits per heavy atom. The lowest BCUT2D eigenvalue weighted by molar-refractivity contribution is -0.115. The minimum atomic E-state index is -0.471. The number of carbonyl (C=O) groups is 1. The summed E-state index contributed by atoms with van der Waals surface area (Å²) in [5, 5.41) is 11.0. The molecule has 152 valence electrons. The van der Waals surface area contributed by atoms with Gasteiger partial charge >= 0.3 is 6.01 Å². The third-order valence-electron chi connectivity index (χ3n) is 4.34. The van der Waals surface area contributed by atoms with Gasteiger partial charge in [0.05, 0.1) is 18.0 Å². The number of aryl methyl sites for hydroxylation is 1. The molecule has 30 heavy (non-hydrogen) atoms. The van der Waals surface area contributed by atoms with Crippen LogP contribution in [0.2, 0.25) is 0 Å². The summed E-state index contributed by atoms with van der Waals surface area (Å²) in [6.45, 7) is 1.46. The van der Waals surface area contributed by atoms with E-state index in [2.05, 4.69) is 25.9 Å². The summed E-state index contributed by atoms with van der Waals surface area (Å²) >= 11 is 0. The lowest BCUT2D eigenvalue weighted by Gasteiger charge is -2.11. The number of para-hydroxylation sites is 1. The van der Waals surface area contributed by atoms with Crippen molar-refractivity contribution >= 4 is 22.8 Å². The van der Waals surface area contributed by atoms with Crippen LogP contribution >= 0.6 is 0 Å². The molecule has 1 amide bonds. The zero-order chi connectivity index (χ0) is 21.1. The maximum Gasteiger partial charge on any atom is 0.316 e.